The second kappa shape index (κ2) is 3.57. The van der Waals surface area contributed by atoms with E-state index in [0.29, 0.717) is 0 Å². The molecule has 0 aliphatic heterocycles. The molecule has 1 rings (SSSR count). The van der Waals surface area contributed by atoms with Gasteiger partial charge in [0.15, 0.2) is 5.78 Å². The molecule has 0 aromatic heterocycles. The molecule has 0 aromatic rings. The van der Waals surface area contributed by atoms with Crippen LogP contribution < -0.4 is 0 Å². The minimum atomic E-state index is -2.70. The second-order valence-electron chi connectivity index (χ2n) is 4.41. The van der Waals surface area contributed by atoms with Crippen molar-refractivity contribution in [2.24, 2.45) is 5.92 Å². The first kappa shape index (κ1) is 11.6. The van der Waals surface area contributed by atoms with Crippen LogP contribution >= 0.6 is 0 Å². The summed E-state index contributed by atoms with van der Waals surface area (Å²) in [5, 5.41) is 9.86. The molecule has 0 atom stereocenters. The van der Waals surface area contributed by atoms with Gasteiger partial charge in [0.25, 0.3) is 0 Å². The maximum Gasteiger partial charge on any atom is 0.248 e. The molecule has 0 amide bonds. The summed E-state index contributed by atoms with van der Waals surface area (Å²) in [5.74, 6) is -3.32. The lowest BCUT2D eigenvalue weighted by Gasteiger charge is -2.35. The van der Waals surface area contributed by atoms with E-state index in [1.165, 1.54) is 0 Å². The van der Waals surface area contributed by atoms with Crippen molar-refractivity contribution in [3.63, 3.8) is 0 Å². The largest absolute Gasteiger partial charge is 0.382 e. The van der Waals surface area contributed by atoms with Gasteiger partial charge in [-0.25, -0.2) is 8.78 Å². The van der Waals surface area contributed by atoms with Crippen molar-refractivity contribution in [2.45, 2.75) is 51.1 Å². The van der Waals surface area contributed by atoms with Crippen molar-refractivity contribution in [1.82, 2.24) is 0 Å². The third-order valence-corrected chi connectivity index (χ3v) is 2.79. The van der Waals surface area contributed by atoms with E-state index in [9.17, 15) is 18.7 Å². The first-order valence-electron chi connectivity index (χ1n) is 4.91. The molecule has 4 heteroatoms. The van der Waals surface area contributed by atoms with Gasteiger partial charge >= 0.3 is 0 Å². The van der Waals surface area contributed by atoms with Crippen molar-refractivity contribution in [3.8, 4) is 0 Å². The summed E-state index contributed by atoms with van der Waals surface area (Å²) in [7, 11) is 0. The molecule has 0 spiro atoms. The van der Waals surface area contributed by atoms with E-state index in [2.05, 4.69) is 0 Å². The summed E-state index contributed by atoms with van der Waals surface area (Å²) in [6.07, 6.45) is -1.00. The number of aliphatic hydroxyl groups is 1. The van der Waals surface area contributed by atoms with E-state index in [1.807, 2.05) is 0 Å². The molecule has 0 radical (unpaired) electrons. The van der Waals surface area contributed by atoms with Crippen LogP contribution in [0.1, 0.15) is 39.5 Å². The Morgan fingerprint density at radius 3 is 2.00 bits per heavy atom. The zero-order valence-electron chi connectivity index (χ0n) is 8.52. The second-order valence-corrected chi connectivity index (χ2v) is 4.41. The van der Waals surface area contributed by atoms with Crippen LogP contribution in [0.2, 0.25) is 0 Å². The van der Waals surface area contributed by atoms with Crippen molar-refractivity contribution >= 4 is 5.78 Å². The first-order chi connectivity index (χ1) is 6.27. The Balaban J connectivity index is 2.66. The fourth-order valence-electron chi connectivity index (χ4n) is 1.81. The number of ketones is 1. The number of hydrogen-bond acceptors (Lipinski definition) is 2. The van der Waals surface area contributed by atoms with Crippen LogP contribution in [0.4, 0.5) is 8.78 Å². The lowest BCUT2D eigenvalue weighted by atomic mass is 9.77. The Kier molecular flexibility index (Phi) is 2.95. The molecule has 2 nitrogen and oxygen atoms in total. The highest BCUT2D eigenvalue weighted by molar-refractivity contribution is 5.88. The highest BCUT2D eigenvalue weighted by atomic mass is 19.3. The van der Waals surface area contributed by atoms with E-state index >= 15 is 0 Å². The average Bonchev–Trinajstić information content (AvgIpc) is 2.09. The highest BCUT2D eigenvalue weighted by Crippen LogP contribution is 2.39. The molecule has 0 unspecified atom stereocenters. The monoisotopic (exact) mass is 206 g/mol. The molecule has 1 saturated carbocycles. The molecular formula is C10H16F2O2. The predicted molar refractivity (Wildman–Crippen MR) is 48.2 cm³/mol. The van der Waals surface area contributed by atoms with Crippen molar-refractivity contribution in [1.29, 1.82) is 0 Å². The summed E-state index contributed by atoms with van der Waals surface area (Å²) in [6, 6.07) is 0. The Morgan fingerprint density at radius 1 is 1.21 bits per heavy atom. The van der Waals surface area contributed by atoms with Gasteiger partial charge in [0.2, 0.25) is 5.92 Å². The van der Waals surface area contributed by atoms with Crippen molar-refractivity contribution in [3.05, 3.63) is 0 Å². The maximum atomic E-state index is 12.8. The standard InChI is InChI=1S/C10H16F2O2/c1-7(2)8(13)9(14)3-5-10(11,12)6-4-9/h7,14H,3-6H2,1-2H3. The number of Topliss-reactive ketones (excluding diaryl/α,β-unsaturated/α-hetero) is 1. The fourth-order valence-corrected chi connectivity index (χ4v) is 1.81. The topological polar surface area (TPSA) is 37.3 Å². The van der Waals surface area contributed by atoms with Crippen LogP contribution in [0.5, 0.6) is 0 Å². The van der Waals surface area contributed by atoms with Crippen LogP contribution in [0.3, 0.4) is 0 Å². The van der Waals surface area contributed by atoms with Crippen LogP contribution in [0, 0.1) is 5.92 Å². The average molecular weight is 206 g/mol. The Bertz CT molecular complexity index is 226. The van der Waals surface area contributed by atoms with Gasteiger partial charge in [-0.05, 0) is 12.8 Å². The smallest absolute Gasteiger partial charge is 0.248 e. The third-order valence-electron chi connectivity index (χ3n) is 2.79. The number of carbonyl (C=O) groups excluding carboxylic acids is 1. The minimum Gasteiger partial charge on any atom is -0.382 e. The number of halogens is 2. The summed E-state index contributed by atoms with van der Waals surface area (Å²) in [5.41, 5.74) is -1.50. The Labute approximate surface area is 82.3 Å². The summed E-state index contributed by atoms with van der Waals surface area (Å²) in [4.78, 5) is 11.5. The molecule has 0 bridgehead atoms. The van der Waals surface area contributed by atoms with E-state index < -0.39 is 11.5 Å². The number of rotatable bonds is 2. The number of carbonyl (C=O) groups is 1. The summed E-state index contributed by atoms with van der Waals surface area (Å²) in [6.45, 7) is 3.35. The van der Waals surface area contributed by atoms with Gasteiger partial charge in [-0.3, -0.25) is 4.79 Å². The number of alkyl halides is 2. The minimum absolute atomic E-state index is 0.114. The summed E-state index contributed by atoms with van der Waals surface area (Å²) < 4.78 is 25.6. The molecule has 1 aliphatic rings. The highest BCUT2D eigenvalue weighted by Gasteiger charge is 2.46. The van der Waals surface area contributed by atoms with Gasteiger partial charge in [-0.15, -0.1) is 0 Å². The zero-order chi connectivity index (χ0) is 11.0. The fraction of sp³-hybridized carbons (Fsp3) is 0.900. The van der Waals surface area contributed by atoms with Crippen LogP contribution in [0.25, 0.3) is 0 Å². The van der Waals surface area contributed by atoms with Crippen LogP contribution in [-0.2, 0) is 4.79 Å². The van der Waals surface area contributed by atoms with E-state index in [-0.39, 0.29) is 37.4 Å². The lowest BCUT2D eigenvalue weighted by molar-refractivity contribution is -0.154. The van der Waals surface area contributed by atoms with Crippen LogP contribution in [0.15, 0.2) is 0 Å². The van der Waals surface area contributed by atoms with Gasteiger partial charge in [0.05, 0.1) is 0 Å². The molecule has 0 saturated heterocycles. The van der Waals surface area contributed by atoms with Crippen molar-refractivity contribution < 1.29 is 18.7 Å². The molecular weight excluding hydrogens is 190 g/mol. The predicted octanol–water partition coefficient (Wildman–Crippen LogP) is 2.15. The molecule has 82 valence electrons. The number of hydrogen-bond donors (Lipinski definition) is 1. The molecule has 0 aromatic carbocycles. The van der Waals surface area contributed by atoms with Gasteiger partial charge in [-0.1, -0.05) is 13.8 Å². The third kappa shape index (κ3) is 2.29. The molecule has 1 N–H and O–H groups in total. The summed E-state index contributed by atoms with van der Waals surface area (Å²) >= 11 is 0. The first-order valence-corrected chi connectivity index (χ1v) is 4.91. The van der Waals surface area contributed by atoms with Gasteiger partial charge in [0.1, 0.15) is 5.60 Å². The van der Waals surface area contributed by atoms with Crippen LogP contribution in [-0.4, -0.2) is 22.4 Å². The SMILES string of the molecule is CC(C)C(=O)C1(O)CCC(F)(F)CC1. The Hall–Kier alpha value is -0.510. The van der Waals surface area contributed by atoms with Gasteiger partial charge in [0, 0.05) is 18.8 Å². The maximum absolute atomic E-state index is 12.8. The zero-order valence-corrected chi connectivity index (χ0v) is 8.52. The Morgan fingerprint density at radius 2 is 1.64 bits per heavy atom. The van der Waals surface area contributed by atoms with E-state index in [0.717, 1.165) is 0 Å². The quantitative estimate of drug-likeness (QED) is 0.751. The molecule has 1 aliphatic carbocycles. The lowest BCUT2D eigenvalue weighted by Crippen LogP contribution is -2.46. The molecule has 14 heavy (non-hydrogen) atoms. The van der Waals surface area contributed by atoms with Gasteiger partial charge in [-0.2, -0.15) is 0 Å². The van der Waals surface area contributed by atoms with E-state index in [1.54, 1.807) is 13.8 Å². The molecule has 0 heterocycles. The van der Waals surface area contributed by atoms with E-state index in [4.69, 9.17) is 0 Å². The van der Waals surface area contributed by atoms with Gasteiger partial charge < -0.3 is 5.11 Å². The van der Waals surface area contributed by atoms with Crippen molar-refractivity contribution in [2.75, 3.05) is 0 Å². The molecule has 1 fully saturated rings. The normalized spacial score (nSPS) is 25.0.